The number of quaternary nitrogens is 1. The highest BCUT2D eigenvalue weighted by Crippen LogP contribution is 2.30. The maximum atomic E-state index is 14.1. The fraction of sp³-hybridized carbons (Fsp3) is 0.364. The van der Waals surface area contributed by atoms with E-state index in [4.69, 9.17) is 15.2 Å². The lowest BCUT2D eigenvalue weighted by atomic mass is 10.0. The van der Waals surface area contributed by atoms with Gasteiger partial charge in [0.05, 0.1) is 27.8 Å². The minimum Gasteiger partial charge on any atom is -0.508 e. The summed E-state index contributed by atoms with van der Waals surface area (Å²) < 4.78 is 78.6. The van der Waals surface area contributed by atoms with Crippen LogP contribution in [0.3, 0.4) is 0 Å². The van der Waals surface area contributed by atoms with Crippen LogP contribution >= 0.6 is 0 Å². The molecule has 12 nitrogen and oxygen atoms in total. The van der Waals surface area contributed by atoms with E-state index in [-0.39, 0.29) is 23.6 Å². The van der Waals surface area contributed by atoms with Gasteiger partial charge >= 0.3 is 22.3 Å². The van der Waals surface area contributed by atoms with Gasteiger partial charge in [0, 0.05) is 24.8 Å². The summed E-state index contributed by atoms with van der Waals surface area (Å²) in [7, 11) is 0.184. The number of nitrogens with zero attached hydrogens (tertiary/aromatic N) is 2. The Bertz CT molecular complexity index is 1800. The molecule has 0 spiro atoms. The Morgan fingerprint density at radius 3 is 2.22 bits per heavy atom. The first-order valence-electron chi connectivity index (χ1n) is 15.2. The number of primary amides is 1. The van der Waals surface area contributed by atoms with E-state index in [1.54, 1.807) is 26.4 Å². The van der Waals surface area contributed by atoms with E-state index in [9.17, 15) is 36.3 Å². The van der Waals surface area contributed by atoms with Gasteiger partial charge in [0.2, 0.25) is 0 Å². The number of alkyl halides is 3. The first-order chi connectivity index (χ1) is 23.0. The molecule has 49 heavy (non-hydrogen) atoms. The number of phenolic OH excluding ortho intramolecular Hbond substituents is 1. The number of phenols is 1. The Morgan fingerprint density at radius 2 is 1.63 bits per heavy atom. The smallest absolute Gasteiger partial charge is 0.496 e. The van der Waals surface area contributed by atoms with Crippen molar-refractivity contribution in [2.24, 2.45) is 5.73 Å². The maximum Gasteiger partial charge on any atom is 0.496 e. The molecule has 1 aliphatic rings. The monoisotopic (exact) mass is 708 g/mol. The second-order valence-electron chi connectivity index (χ2n) is 12.0. The number of anilines is 1. The van der Waals surface area contributed by atoms with Gasteiger partial charge in [-0.05, 0) is 60.2 Å². The molecular weight excluding hydrogens is 669 g/mol. The summed E-state index contributed by atoms with van der Waals surface area (Å²) >= 11 is 0. The number of nitrogens with two attached hydrogens (primary N) is 1. The van der Waals surface area contributed by atoms with Crippen molar-refractivity contribution in [1.82, 2.24) is 0 Å². The summed E-state index contributed by atoms with van der Waals surface area (Å²) in [6.07, 6.45) is -3.78. The predicted octanol–water partition coefficient (Wildman–Crippen LogP) is 4.20. The van der Waals surface area contributed by atoms with E-state index in [1.807, 2.05) is 25.2 Å². The van der Waals surface area contributed by atoms with Crippen LogP contribution in [0.25, 0.3) is 0 Å². The molecule has 0 aliphatic carbocycles. The van der Waals surface area contributed by atoms with Crippen LogP contribution in [0.5, 0.6) is 23.0 Å². The molecule has 16 heteroatoms. The van der Waals surface area contributed by atoms with Crippen molar-refractivity contribution in [3.8, 4) is 23.0 Å². The van der Waals surface area contributed by atoms with E-state index in [0.29, 0.717) is 53.2 Å². The zero-order valence-electron chi connectivity index (χ0n) is 27.2. The van der Waals surface area contributed by atoms with Gasteiger partial charge in [0.15, 0.2) is 23.3 Å². The Hall–Kier alpha value is -4.83. The maximum absolute atomic E-state index is 14.1. The molecule has 1 saturated heterocycles. The fourth-order valence-electron chi connectivity index (χ4n) is 5.85. The Kier molecular flexibility index (Phi) is 11.4. The molecule has 4 rings (SSSR count). The number of aromatic hydroxyl groups is 1. The molecule has 2 atom stereocenters. The average molecular weight is 709 g/mol. The molecule has 1 aliphatic heterocycles. The standard InChI is InChI=1S/C33H37F3N4O8S/c1-40(19-23-8-15-29(46-2)30(18-23)47-3)16-4-5-25(20-40)39(28(31(37)42)17-22-6-11-26(41)12-7-22)32(43)38-24-9-13-27(14-10-24)48-49(44,45)21-33(34,35)36/h6-15,18,28H,4-5,16-17,19-21H2,1-3H3,(H2-2,37,38,41,42,43)/p+2/b39-25+/t28-,40?/m0/s1. The SMILES string of the molecule is COc1ccc(C[N+]2(C)CCC/C(=[N+](\C(=O)Nc3ccc(OS(=O)(=O)CC(F)(F)F)cc3)[C@@H](Cc3ccc(O)cc3)C(N)=O)C2)cc1OC. The van der Waals surface area contributed by atoms with Gasteiger partial charge in [-0.1, -0.05) is 12.1 Å². The summed E-state index contributed by atoms with van der Waals surface area (Å²) in [5.74, 6) is -2.13. The third-order valence-electron chi connectivity index (χ3n) is 7.97. The molecule has 0 saturated carbocycles. The molecule has 1 unspecified atom stereocenters. The van der Waals surface area contributed by atoms with Gasteiger partial charge in [0.25, 0.3) is 5.91 Å². The van der Waals surface area contributed by atoms with Crippen molar-refractivity contribution in [3.05, 3.63) is 77.9 Å². The van der Waals surface area contributed by atoms with Crippen LogP contribution in [0.15, 0.2) is 66.7 Å². The largest absolute Gasteiger partial charge is 0.508 e. The average Bonchev–Trinajstić information content (AvgIpc) is 3.01. The van der Waals surface area contributed by atoms with Gasteiger partial charge in [-0.15, -0.1) is 0 Å². The molecule has 0 bridgehead atoms. The molecule has 0 aromatic heterocycles. The highest BCUT2D eigenvalue weighted by molar-refractivity contribution is 7.87. The van der Waals surface area contributed by atoms with Crippen LogP contribution in [-0.4, -0.2) is 92.6 Å². The lowest BCUT2D eigenvalue weighted by Gasteiger charge is -2.38. The number of carbonyl (C=O) groups is 2. The summed E-state index contributed by atoms with van der Waals surface area (Å²) in [6, 6.07) is 14.7. The van der Waals surface area contributed by atoms with E-state index in [0.717, 1.165) is 24.2 Å². The van der Waals surface area contributed by atoms with Crippen molar-refractivity contribution in [1.29, 1.82) is 0 Å². The summed E-state index contributed by atoms with van der Waals surface area (Å²) in [6.45, 7) is 1.72. The van der Waals surface area contributed by atoms with Gasteiger partial charge in [-0.2, -0.15) is 31.0 Å². The number of benzene rings is 3. The van der Waals surface area contributed by atoms with Crippen LogP contribution in [0.4, 0.5) is 23.7 Å². The molecular formula is C33H39F3N4O8S+2. The molecule has 1 heterocycles. The second-order valence-corrected chi connectivity index (χ2v) is 13.6. The highest BCUT2D eigenvalue weighted by Gasteiger charge is 2.40. The summed E-state index contributed by atoms with van der Waals surface area (Å²) in [5.41, 5.74) is 8.32. The van der Waals surface area contributed by atoms with Crippen molar-refractivity contribution in [2.75, 3.05) is 45.4 Å². The number of hydrogen-bond donors (Lipinski definition) is 3. The molecule has 4 N–H and O–H groups in total. The fourth-order valence-corrected chi connectivity index (χ4v) is 6.71. The van der Waals surface area contributed by atoms with Gasteiger partial charge in [0.1, 0.15) is 36.0 Å². The van der Waals surface area contributed by atoms with Crippen molar-refractivity contribution in [3.63, 3.8) is 0 Å². The summed E-state index contributed by atoms with van der Waals surface area (Å²) in [5, 5.41) is 12.5. The highest BCUT2D eigenvalue weighted by atomic mass is 32.2. The molecule has 1 fully saturated rings. The van der Waals surface area contributed by atoms with Crippen LogP contribution in [0, 0.1) is 0 Å². The number of hydrogen-bond acceptors (Lipinski definition) is 8. The third-order valence-corrected chi connectivity index (χ3v) is 9.10. The van der Waals surface area contributed by atoms with E-state index in [1.165, 1.54) is 28.8 Å². The normalized spacial score (nSPS) is 18.2. The molecule has 3 aromatic rings. The number of piperidine rings is 1. The number of nitrogens with one attached hydrogen (secondary N) is 1. The van der Waals surface area contributed by atoms with Crippen LogP contribution < -0.4 is 24.7 Å². The third kappa shape index (κ3) is 10.3. The zero-order chi connectivity index (χ0) is 36.0. The van der Waals surface area contributed by atoms with E-state index >= 15 is 0 Å². The predicted molar refractivity (Wildman–Crippen MR) is 174 cm³/mol. The van der Waals surface area contributed by atoms with Gasteiger partial charge in [-0.3, -0.25) is 4.79 Å². The lowest BCUT2D eigenvalue weighted by Crippen LogP contribution is -2.56. The van der Waals surface area contributed by atoms with Crippen LogP contribution in [0.2, 0.25) is 0 Å². The first-order valence-corrected chi connectivity index (χ1v) is 16.7. The minimum atomic E-state index is -4.99. The Labute approximate surface area is 282 Å². The number of halogens is 3. The number of likely N-dealkylation sites (tertiary alicyclic amines) is 1. The minimum absolute atomic E-state index is 0.0255. The molecule has 264 valence electrons. The second kappa shape index (κ2) is 15.2. The number of ether oxygens (including phenoxy) is 2. The number of carbonyl (C=O) groups excluding carboxylic acids is 2. The number of methoxy groups -OCH3 is 2. The van der Waals surface area contributed by atoms with Crippen molar-refractivity contribution >= 4 is 33.5 Å². The number of urea groups is 1. The Morgan fingerprint density at radius 1 is 1.00 bits per heavy atom. The van der Waals surface area contributed by atoms with Gasteiger partial charge < -0.3 is 29.0 Å². The molecule has 3 amide bonds. The van der Waals surface area contributed by atoms with Crippen LogP contribution in [0.1, 0.15) is 24.0 Å². The lowest BCUT2D eigenvalue weighted by molar-refractivity contribution is -0.918. The number of rotatable bonds is 12. The number of amides is 3. The van der Waals surface area contributed by atoms with E-state index in [2.05, 4.69) is 9.50 Å². The van der Waals surface area contributed by atoms with Gasteiger partial charge in [-0.25, -0.2) is 5.32 Å². The van der Waals surface area contributed by atoms with Crippen molar-refractivity contribution < 1.29 is 59.0 Å². The van der Waals surface area contributed by atoms with Crippen molar-refractivity contribution in [2.45, 2.75) is 38.0 Å². The van der Waals surface area contributed by atoms with E-state index < -0.39 is 40.0 Å². The first kappa shape index (κ1) is 37.0. The summed E-state index contributed by atoms with van der Waals surface area (Å²) in [4.78, 5) is 27.1. The molecule has 3 aromatic carbocycles. The van der Waals surface area contributed by atoms with Crippen LogP contribution in [-0.2, 0) is 27.9 Å². The topological polar surface area (TPSA) is 157 Å². The molecule has 0 radical (unpaired) electrons. The Balaban J connectivity index is 1.67. The zero-order valence-corrected chi connectivity index (χ0v) is 28.0. The quantitative estimate of drug-likeness (QED) is 0.144.